The molecule has 0 unspecified atom stereocenters. The second kappa shape index (κ2) is 11.4. The number of benzene rings is 1. The van der Waals surface area contributed by atoms with Crippen molar-refractivity contribution in [3.8, 4) is 6.07 Å². The molecule has 39 heavy (non-hydrogen) atoms. The number of piperidine rings is 1. The van der Waals surface area contributed by atoms with Gasteiger partial charge in [-0.25, -0.2) is 0 Å². The number of pyridine rings is 2. The predicted molar refractivity (Wildman–Crippen MR) is 158 cm³/mol. The Morgan fingerprint density at radius 3 is 2.72 bits per heavy atom. The Labute approximate surface area is 230 Å². The van der Waals surface area contributed by atoms with Crippen LogP contribution in [0.3, 0.4) is 0 Å². The molecule has 0 atom stereocenters. The molecule has 0 radical (unpaired) electrons. The van der Waals surface area contributed by atoms with Crippen molar-refractivity contribution in [3.63, 3.8) is 0 Å². The molecule has 4 aromatic rings. The second-order valence-corrected chi connectivity index (χ2v) is 10.7. The number of H-pyrrole nitrogens is 1. The quantitative estimate of drug-likeness (QED) is 0.308. The summed E-state index contributed by atoms with van der Waals surface area (Å²) in [7, 11) is 0. The monoisotopic (exact) mass is 517 g/mol. The number of aromatic nitrogens is 3. The molecule has 2 saturated heterocycles. The van der Waals surface area contributed by atoms with Gasteiger partial charge in [0.2, 0.25) is 0 Å². The van der Waals surface area contributed by atoms with Crippen molar-refractivity contribution >= 4 is 34.4 Å². The van der Waals surface area contributed by atoms with Crippen molar-refractivity contribution in [3.05, 3.63) is 83.1 Å². The van der Waals surface area contributed by atoms with E-state index in [0.717, 1.165) is 70.5 Å². The summed E-state index contributed by atoms with van der Waals surface area (Å²) in [5.74, 6) is 0. The van der Waals surface area contributed by atoms with Crippen LogP contribution in [-0.4, -0.2) is 57.0 Å². The molecule has 0 spiro atoms. The average molecular weight is 518 g/mol. The smallest absolute Gasteiger partial charge is 0.103 e. The van der Waals surface area contributed by atoms with Gasteiger partial charge in [0.15, 0.2) is 0 Å². The zero-order valence-electron chi connectivity index (χ0n) is 22.5. The maximum Gasteiger partial charge on any atom is 0.103 e. The zero-order valence-corrected chi connectivity index (χ0v) is 22.5. The lowest BCUT2D eigenvalue weighted by atomic mass is 10.0. The van der Waals surface area contributed by atoms with Crippen LogP contribution in [0, 0.1) is 18.3 Å². The van der Waals surface area contributed by atoms with Crippen LogP contribution in [0.2, 0.25) is 0 Å². The van der Waals surface area contributed by atoms with E-state index in [9.17, 15) is 5.26 Å². The van der Waals surface area contributed by atoms with Crippen LogP contribution in [0.4, 0.5) is 11.4 Å². The van der Waals surface area contributed by atoms with Gasteiger partial charge in [0.1, 0.15) is 6.07 Å². The van der Waals surface area contributed by atoms with E-state index in [0.29, 0.717) is 5.56 Å². The van der Waals surface area contributed by atoms with E-state index in [-0.39, 0.29) is 0 Å². The molecule has 6 rings (SSSR count). The van der Waals surface area contributed by atoms with Crippen LogP contribution in [0.15, 0.2) is 55.0 Å². The Kier molecular flexibility index (Phi) is 7.40. The van der Waals surface area contributed by atoms with Gasteiger partial charge >= 0.3 is 0 Å². The van der Waals surface area contributed by atoms with Gasteiger partial charge in [0.05, 0.1) is 22.6 Å². The summed E-state index contributed by atoms with van der Waals surface area (Å²) < 4.78 is 0. The summed E-state index contributed by atoms with van der Waals surface area (Å²) in [4.78, 5) is 17.7. The van der Waals surface area contributed by atoms with Crippen LogP contribution in [0.1, 0.15) is 53.8 Å². The number of rotatable bonds is 7. The molecule has 3 aromatic heterocycles. The van der Waals surface area contributed by atoms with Crippen LogP contribution in [0.5, 0.6) is 0 Å². The van der Waals surface area contributed by atoms with E-state index in [2.05, 4.69) is 62.3 Å². The van der Waals surface area contributed by atoms with Crippen LogP contribution in [0.25, 0.3) is 23.1 Å². The number of nitrogens with one attached hydrogen (secondary N) is 2. The molecule has 2 N–H and O–H groups in total. The van der Waals surface area contributed by atoms with E-state index in [1.807, 2.05) is 30.5 Å². The molecule has 2 fully saturated rings. The van der Waals surface area contributed by atoms with E-state index >= 15 is 0 Å². The number of anilines is 2. The lowest BCUT2D eigenvalue weighted by Crippen LogP contribution is -2.43. The molecule has 7 nitrogen and oxygen atoms in total. The van der Waals surface area contributed by atoms with Crippen LogP contribution in [-0.2, 0) is 6.54 Å². The highest BCUT2D eigenvalue weighted by Crippen LogP contribution is 2.31. The minimum Gasteiger partial charge on any atom is -0.361 e. The molecule has 0 aliphatic carbocycles. The predicted octanol–water partition coefficient (Wildman–Crippen LogP) is 6.11. The van der Waals surface area contributed by atoms with Crippen molar-refractivity contribution in [2.24, 2.45) is 0 Å². The first-order valence-electron chi connectivity index (χ1n) is 14.0. The highest BCUT2D eigenvalue weighted by molar-refractivity contribution is 5.90. The van der Waals surface area contributed by atoms with E-state index < -0.39 is 0 Å². The molecular weight excluding hydrogens is 482 g/mol. The standard InChI is InChI=1S/C32H35N7/c1-23-29-11-14-35-31(29)10-9-30(23)37-32-24(20-34-21-25(32)19-33)7-8-26-5-4-6-27(36-26)22-38-17-12-28(13-18-38)39-15-2-3-16-39/h4-11,14,20-21,28,35H,2-3,12-13,15-18,22H2,1H3,(H,34,37)/b8-7+. The number of fused-ring (bicyclic) bond motifs is 1. The average Bonchev–Trinajstić information content (AvgIpc) is 3.68. The molecular formula is C32H35N7. The summed E-state index contributed by atoms with van der Waals surface area (Å²) in [5.41, 5.74) is 7.28. The number of hydrogen-bond donors (Lipinski definition) is 2. The van der Waals surface area contributed by atoms with Gasteiger partial charge in [-0.2, -0.15) is 5.26 Å². The summed E-state index contributed by atoms with van der Waals surface area (Å²) in [6.07, 6.45) is 14.6. The first kappa shape index (κ1) is 25.3. The fourth-order valence-electron chi connectivity index (χ4n) is 6.01. The van der Waals surface area contributed by atoms with Gasteiger partial charge in [-0.1, -0.05) is 6.07 Å². The summed E-state index contributed by atoms with van der Waals surface area (Å²) >= 11 is 0. The Balaban J connectivity index is 1.17. The summed E-state index contributed by atoms with van der Waals surface area (Å²) in [6, 6.07) is 15.5. The highest BCUT2D eigenvalue weighted by Gasteiger charge is 2.26. The molecule has 1 aromatic carbocycles. The van der Waals surface area contributed by atoms with Gasteiger partial charge in [-0.15, -0.1) is 0 Å². The fourth-order valence-corrected chi connectivity index (χ4v) is 6.01. The van der Waals surface area contributed by atoms with Crippen LogP contribution >= 0.6 is 0 Å². The number of nitrogens with zero attached hydrogens (tertiary/aromatic N) is 5. The summed E-state index contributed by atoms with van der Waals surface area (Å²) in [5, 5.41) is 14.5. The minimum atomic E-state index is 0.504. The highest BCUT2D eigenvalue weighted by atomic mass is 15.2. The Morgan fingerprint density at radius 1 is 1.05 bits per heavy atom. The zero-order chi connectivity index (χ0) is 26.6. The lowest BCUT2D eigenvalue weighted by molar-refractivity contribution is 0.122. The third-order valence-corrected chi connectivity index (χ3v) is 8.22. The lowest BCUT2D eigenvalue weighted by Gasteiger charge is -2.36. The first-order chi connectivity index (χ1) is 19.2. The molecule has 5 heterocycles. The number of likely N-dealkylation sites (tertiary alicyclic amines) is 2. The van der Waals surface area contributed by atoms with Gasteiger partial charge in [0.25, 0.3) is 0 Å². The van der Waals surface area contributed by atoms with E-state index in [1.165, 1.54) is 38.8 Å². The van der Waals surface area contributed by atoms with Gasteiger partial charge in [-0.05, 0) is 93.7 Å². The number of hydrogen-bond acceptors (Lipinski definition) is 6. The molecule has 2 aliphatic heterocycles. The summed E-state index contributed by atoms with van der Waals surface area (Å²) in [6.45, 7) is 7.81. The number of aryl methyl sites for hydroxylation is 1. The normalized spacial score (nSPS) is 17.2. The molecule has 0 saturated carbocycles. The molecule has 0 amide bonds. The number of aromatic amines is 1. The Morgan fingerprint density at radius 2 is 1.90 bits per heavy atom. The van der Waals surface area contributed by atoms with Crippen molar-refractivity contribution < 1.29 is 0 Å². The van der Waals surface area contributed by atoms with Crippen molar-refractivity contribution in [1.29, 1.82) is 5.26 Å². The SMILES string of the molecule is Cc1c(Nc2c(C#N)cncc2/C=C/c2cccc(CN3CCC(N4CCCC4)CC3)n2)ccc2[nH]ccc12. The van der Waals surface area contributed by atoms with Gasteiger partial charge in [0, 0.05) is 66.4 Å². The molecule has 2 aliphatic rings. The van der Waals surface area contributed by atoms with E-state index in [4.69, 9.17) is 4.98 Å². The molecule has 0 bridgehead atoms. The van der Waals surface area contributed by atoms with E-state index in [1.54, 1.807) is 12.4 Å². The van der Waals surface area contributed by atoms with Crippen LogP contribution < -0.4 is 5.32 Å². The first-order valence-corrected chi connectivity index (χ1v) is 14.0. The topological polar surface area (TPSA) is 83.9 Å². The molecule has 198 valence electrons. The van der Waals surface area contributed by atoms with Crippen molar-refractivity contribution in [1.82, 2.24) is 24.8 Å². The Bertz CT molecular complexity index is 1520. The third kappa shape index (κ3) is 5.58. The van der Waals surface area contributed by atoms with Crippen molar-refractivity contribution in [2.75, 3.05) is 31.5 Å². The second-order valence-electron chi connectivity index (χ2n) is 10.7. The maximum atomic E-state index is 9.81. The van der Waals surface area contributed by atoms with Gasteiger partial charge < -0.3 is 15.2 Å². The Hall–Kier alpha value is -3.99. The van der Waals surface area contributed by atoms with Gasteiger partial charge in [-0.3, -0.25) is 14.9 Å². The van der Waals surface area contributed by atoms with Crippen molar-refractivity contribution in [2.45, 2.75) is 45.2 Å². The minimum absolute atomic E-state index is 0.504. The third-order valence-electron chi connectivity index (χ3n) is 8.22. The number of nitriles is 1. The fraction of sp³-hybridized carbons (Fsp3) is 0.344. The largest absolute Gasteiger partial charge is 0.361 e. The maximum absolute atomic E-state index is 9.81. The molecule has 7 heteroatoms.